The number of piperidine rings is 3. The standard InChI is InChI=1S/C24H27ClN2O2/c25-21-6-2-1-5-19(21)18-9-8-16-4-3-7-22(20(16)14-18)26-24(28)29-23-15-27-12-10-17(23)11-13-27/h1-2,5-6,8-9,14,17,22-23H,3-4,7,10-13,15H2,(H,26,28)/t22?,23-/m0/s1. The molecule has 2 aromatic carbocycles. The third kappa shape index (κ3) is 3.88. The molecule has 0 saturated carbocycles. The van der Waals surface area contributed by atoms with Crippen molar-refractivity contribution in [1.82, 2.24) is 10.2 Å². The first-order chi connectivity index (χ1) is 14.2. The third-order valence-electron chi connectivity index (χ3n) is 6.79. The Morgan fingerprint density at radius 1 is 1.10 bits per heavy atom. The second-order valence-corrected chi connectivity index (χ2v) is 8.97. The Hall–Kier alpha value is -2.04. The fourth-order valence-corrected chi connectivity index (χ4v) is 5.41. The molecule has 1 amide bonds. The second kappa shape index (κ2) is 8.00. The number of carbonyl (C=O) groups excluding carboxylic acids is 1. The topological polar surface area (TPSA) is 41.6 Å². The largest absolute Gasteiger partial charge is 0.445 e. The molecule has 4 nitrogen and oxygen atoms in total. The Balaban J connectivity index is 1.33. The molecule has 3 heterocycles. The lowest BCUT2D eigenvalue weighted by molar-refractivity contribution is -0.0340. The Bertz CT molecular complexity index is 908. The van der Waals surface area contributed by atoms with E-state index in [1.54, 1.807) is 0 Å². The molecule has 152 valence electrons. The zero-order valence-electron chi connectivity index (χ0n) is 16.6. The van der Waals surface area contributed by atoms with Crippen LogP contribution < -0.4 is 5.32 Å². The Morgan fingerprint density at radius 3 is 2.69 bits per heavy atom. The monoisotopic (exact) mass is 410 g/mol. The zero-order chi connectivity index (χ0) is 19.8. The minimum absolute atomic E-state index is 0.00484. The molecule has 0 aromatic heterocycles. The van der Waals surface area contributed by atoms with Gasteiger partial charge in [-0.05, 0) is 79.9 Å². The van der Waals surface area contributed by atoms with Gasteiger partial charge in [-0.25, -0.2) is 4.79 Å². The van der Waals surface area contributed by atoms with E-state index in [2.05, 4.69) is 28.4 Å². The molecule has 6 rings (SSSR count). The van der Waals surface area contributed by atoms with Gasteiger partial charge in [-0.3, -0.25) is 4.90 Å². The van der Waals surface area contributed by atoms with Crippen LogP contribution in [-0.4, -0.2) is 36.7 Å². The van der Waals surface area contributed by atoms with Crippen LogP contribution in [-0.2, 0) is 11.2 Å². The summed E-state index contributed by atoms with van der Waals surface area (Å²) in [5.74, 6) is 0.524. The number of aryl methyl sites for hydroxylation is 1. The van der Waals surface area contributed by atoms with Gasteiger partial charge in [-0.2, -0.15) is 0 Å². The van der Waals surface area contributed by atoms with Crippen molar-refractivity contribution in [1.29, 1.82) is 0 Å². The third-order valence-corrected chi connectivity index (χ3v) is 7.12. The summed E-state index contributed by atoms with van der Waals surface area (Å²) in [6.07, 6.45) is 5.11. The predicted octanol–water partition coefficient (Wildman–Crippen LogP) is 5.20. The molecule has 3 saturated heterocycles. The molecular weight excluding hydrogens is 384 g/mol. The van der Waals surface area contributed by atoms with Crippen LogP contribution in [0.4, 0.5) is 4.79 Å². The summed E-state index contributed by atoms with van der Waals surface area (Å²) in [6, 6.07) is 14.4. The second-order valence-electron chi connectivity index (χ2n) is 8.56. The van der Waals surface area contributed by atoms with Gasteiger partial charge < -0.3 is 10.1 Å². The van der Waals surface area contributed by atoms with Crippen molar-refractivity contribution in [2.24, 2.45) is 5.92 Å². The molecule has 4 aliphatic rings. The smallest absolute Gasteiger partial charge is 0.407 e. The molecule has 2 aromatic rings. The molecule has 0 radical (unpaired) electrons. The molecule has 0 spiro atoms. The number of halogens is 1. The van der Waals surface area contributed by atoms with Gasteiger partial charge in [0.05, 0.1) is 6.04 Å². The number of nitrogens with zero attached hydrogens (tertiary/aromatic N) is 1. The molecular formula is C24H27ClN2O2. The van der Waals surface area contributed by atoms with Crippen molar-refractivity contribution in [3.8, 4) is 11.1 Å². The van der Waals surface area contributed by atoms with Gasteiger partial charge in [0.2, 0.25) is 0 Å². The number of hydrogen-bond acceptors (Lipinski definition) is 3. The molecule has 1 N–H and O–H groups in total. The first-order valence-electron chi connectivity index (χ1n) is 10.7. The zero-order valence-corrected chi connectivity index (χ0v) is 17.3. The van der Waals surface area contributed by atoms with Crippen molar-refractivity contribution in [3.63, 3.8) is 0 Å². The van der Waals surface area contributed by atoms with E-state index in [1.165, 1.54) is 11.1 Å². The first kappa shape index (κ1) is 19.0. The molecule has 2 atom stereocenters. The van der Waals surface area contributed by atoms with E-state index >= 15 is 0 Å². The Labute approximate surface area is 177 Å². The number of fused-ring (bicyclic) bond motifs is 4. The highest BCUT2D eigenvalue weighted by Crippen LogP contribution is 2.36. The summed E-state index contributed by atoms with van der Waals surface area (Å²) < 4.78 is 5.86. The number of amides is 1. The van der Waals surface area contributed by atoms with Gasteiger partial charge in [0.25, 0.3) is 0 Å². The summed E-state index contributed by atoms with van der Waals surface area (Å²) in [4.78, 5) is 15.1. The first-order valence-corrected chi connectivity index (χ1v) is 11.1. The average molecular weight is 411 g/mol. The average Bonchev–Trinajstić information content (AvgIpc) is 2.75. The van der Waals surface area contributed by atoms with Gasteiger partial charge in [0, 0.05) is 17.1 Å². The van der Waals surface area contributed by atoms with E-state index in [-0.39, 0.29) is 18.2 Å². The van der Waals surface area contributed by atoms with Gasteiger partial charge in [-0.15, -0.1) is 0 Å². The normalized spacial score (nSPS) is 27.9. The highest BCUT2D eigenvalue weighted by atomic mass is 35.5. The number of carbonyl (C=O) groups is 1. The number of hydrogen-bond donors (Lipinski definition) is 1. The quantitative estimate of drug-likeness (QED) is 0.755. The molecule has 5 heteroatoms. The van der Waals surface area contributed by atoms with E-state index < -0.39 is 0 Å². The van der Waals surface area contributed by atoms with E-state index in [0.717, 1.165) is 67.9 Å². The number of ether oxygens (including phenoxy) is 1. The van der Waals surface area contributed by atoms with Crippen LogP contribution in [0.25, 0.3) is 11.1 Å². The van der Waals surface area contributed by atoms with Crippen LogP contribution in [0, 0.1) is 5.92 Å². The van der Waals surface area contributed by atoms with Crippen LogP contribution in [0.2, 0.25) is 5.02 Å². The van der Waals surface area contributed by atoms with Crippen molar-refractivity contribution in [2.75, 3.05) is 19.6 Å². The Morgan fingerprint density at radius 2 is 1.93 bits per heavy atom. The van der Waals surface area contributed by atoms with E-state index in [1.807, 2.05) is 24.3 Å². The minimum Gasteiger partial charge on any atom is -0.445 e. The van der Waals surface area contributed by atoms with E-state index in [9.17, 15) is 4.79 Å². The lowest BCUT2D eigenvalue weighted by atomic mass is 9.85. The molecule has 3 aliphatic heterocycles. The van der Waals surface area contributed by atoms with Gasteiger partial charge in [0.1, 0.15) is 6.10 Å². The highest BCUT2D eigenvalue weighted by Gasteiger charge is 2.37. The van der Waals surface area contributed by atoms with Crippen molar-refractivity contribution in [2.45, 2.75) is 44.2 Å². The molecule has 2 bridgehead atoms. The molecule has 1 unspecified atom stereocenters. The van der Waals surface area contributed by atoms with Crippen LogP contribution in [0.3, 0.4) is 0 Å². The van der Waals surface area contributed by atoms with Gasteiger partial charge in [0.15, 0.2) is 0 Å². The summed E-state index contributed by atoms with van der Waals surface area (Å²) in [7, 11) is 0. The summed E-state index contributed by atoms with van der Waals surface area (Å²) in [5.41, 5.74) is 4.62. The van der Waals surface area contributed by atoms with Crippen LogP contribution in [0.1, 0.15) is 42.9 Å². The highest BCUT2D eigenvalue weighted by molar-refractivity contribution is 6.33. The lowest BCUT2D eigenvalue weighted by Crippen LogP contribution is -2.52. The minimum atomic E-state index is -0.273. The van der Waals surface area contributed by atoms with E-state index in [0.29, 0.717) is 5.92 Å². The van der Waals surface area contributed by atoms with Crippen LogP contribution in [0.15, 0.2) is 42.5 Å². The van der Waals surface area contributed by atoms with Crippen LogP contribution in [0.5, 0.6) is 0 Å². The maximum Gasteiger partial charge on any atom is 0.407 e. The SMILES string of the molecule is O=C(NC1CCCc2ccc(-c3ccccc3Cl)cc21)O[C@H]1CN2CCC1CC2. The van der Waals surface area contributed by atoms with Gasteiger partial charge >= 0.3 is 6.09 Å². The van der Waals surface area contributed by atoms with Crippen molar-refractivity contribution in [3.05, 3.63) is 58.6 Å². The summed E-state index contributed by atoms with van der Waals surface area (Å²) in [6.45, 7) is 3.18. The van der Waals surface area contributed by atoms with Crippen molar-refractivity contribution >= 4 is 17.7 Å². The Kier molecular flexibility index (Phi) is 5.23. The van der Waals surface area contributed by atoms with Crippen LogP contribution >= 0.6 is 11.6 Å². The fraction of sp³-hybridized carbons (Fsp3) is 0.458. The maximum atomic E-state index is 12.7. The predicted molar refractivity (Wildman–Crippen MR) is 115 cm³/mol. The summed E-state index contributed by atoms with van der Waals surface area (Å²) >= 11 is 6.41. The molecule has 3 fully saturated rings. The summed E-state index contributed by atoms with van der Waals surface area (Å²) in [5, 5.41) is 3.91. The number of alkyl carbamates (subject to hydrolysis) is 1. The molecule has 1 aliphatic carbocycles. The number of rotatable bonds is 3. The fourth-order valence-electron chi connectivity index (χ4n) is 5.17. The van der Waals surface area contributed by atoms with E-state index in [4.69, 9.17) is 16.3 Å². The number of benzene rings is 2. The molecule has 29 heavy (non-hydrogen) atoms. The lowest BCUT2D eigenvalue weighted by Gasteiger charge is -2.44. The van der Waals surface area contributed by atoms with Gasteiger partial charge in [-0.1, -0.05) is 41.9 Å². The van der Waals surface area contributed by atoms with Crippen molar-refractivity contribution < 1.29 is 9.53 Å². The number of nitrogens with one attached hydrogen (secondary N) is 1. The maximum absolute atomic E-state index is 12.7.